The SMILES string of the molecule is O=C(O)CNC(=O)CNC(=O)CNC(=O)CCCC(=O)NCC(=O)NCC(=O)NCC(=O)NCCN1C(=O)C=CC1=O. The first-order valence-corrected chi connectivity index (χ1v) is 12.5. The third kappa shape index (κ3) is 15.9. The number of carbonyl (C=O) groups excluding carboxylic acids is 9. The Morgan fingerprint density at radius 3 is 1.24 bits per heavy atom. The van der Waals surface area contributed by atoms with Crippen LogP contribution in [0.15, 0.2) is 12.2 Å². The summed E-state index contributed by atoms with van der Waals surface area (Å²) >= 11 is 0. The minimum absolute atomic E-state index is 0.00773. The Morgan fingerprint density at radius 1 is 0.524 bits per heavy atom. The average Bonchev–Trinajstić information content (AvgIpc) is 3.26. The molecule has 9 amide bonds. The summed E-state index contributed by atoms with van der Waals surface area (Å²) in [6.45, 7) is -2.85. The average molecular weight is 597 g/mol. The Bertz CT molecular complexity index is 1100. The fourth-order valence-corrected chi connectivity index (χ4v) is 2.93. The van der Waals surface area contributed by atoms with Crippen molar-refractivity contribution in [3.63, 3.8) is 0 Å². The lowest BCUT2D eigenvalue weighted by Crippen LogP contribution is -2.45. The number of rotatable bonds is 19. The van der Waals surface area contributed by atoms with Gasteiger partial charge in [0.15, 0.2) is 0 Å². The Labute approximate surface area is 238 Å². The number of hydrogen-bond donors (Lipinski definition) is 8. The van der Waals surface area contributed by atoms with E-state index in [4.69, 9.17) is 5.11 Å². The first-order valence-electron chi connectivity index (χ1n) is 12.5. The largest absolute Gasteiger partial charge is 0.480 e. The van der Waals surface area contributed by atoms with E-state index in [0.29, 0.717) is 0 Å². The number of nitrogens with zero attached hydrogens (tertiary/aromatic N) is 1. The van der Waals surface area contributed by atoms with E-state index in [2.05, 4.69) is 31.9 Å². The quantitative estimate of drug-likeness (QED) is 0.0650. The molecule has 19 heteroatoms. The summed E-state index contributed by atoms with van der Waals surface area (Å²) in [5.41, 5.74) is 0. The summed E-state index contributed by atoms with van der Waals surface area (Å²) in [5, 5.41) is 24.2. The van der Waals surface area contributed by atoms with E-state index in [9.17, 15) is 47.9 Å². The van der Waals surface area contributed by atoms with E-state index < -0.39 is 98.4 Å². The van der Waals surface area contributed by atoms with Gasteiger partial charge in [0.25, 0.3) is 11.8 Å². The molecule has 0 unspecified atom stereocenters. The van der Waals surface area contributed by atoms with Crippen molar-refractivity contribution in [2.75, 3.05) is 52.4 Å². The summed E-state index contributed by atoms with van der Waals surface area (Å²) in [6, 6.07) is 0. The van der Waals surface area contributed by atoms with Gasteiger partial charge in [0.1, 0.15) is 6.54 Å². The van der Waals surface area contributed by atoms with Gasteiger partial charge in [-0.05, 0) is 6.42 Å². The highest BCUT2D eigenvalue weighted by Gasteiger charge is 2.22. The monoisotopic (exact) mass is 596 g/mol. The van der Waals surface area contributed by atoms with Crippen LogP contribution in [0.1, 0.15) is 19.3 Å². The molecule has 0 saturated carbocycles. The highest BCUT2D eigenvalue weighted by Crippen LogP contribution is 2.01. The van der Waals surface area contributed by atoms with Crippen LogP contribution >= 0.6 is 0 Å². The van der Waals surface area contributed by atoms with E-state index in [0.717, 1.165) is 17.1 Å². The number of nitrogens with one attached hydrogen (secondary N) is 7. The predicted octanol–water partition coefficient (Wildman–Crippen LogP) is -6.02. The number of imide groups is 1. The van der Waals surface area contributed by atoms with Crippen molar-refractivity contribution in [1.29, 1.82) is 0 Å². The summed E-state index contributed by atoms with van der Waals surface area (Å²) in [4.78, 5) is 116. The van der Waals surface area contributed by atoms with E-state index in [-0.39, 0.29) is 32.4 Å². The maximum absolute atomic E-state index is 11.8. The van der Waals surface area contributed by atoms with Crippen molar-refractivity contribution in [3.8, 4) is 0 Å². The van der Waals surface area contributed by atoms with E-state index in [1.807, 2.05) is 5.32 Å². The summed E-state index contributed by atoms with van der Waals surface area (Å²) < 4.78 is 0. The van der Waals surface area contributed by atoms with Crippen molar-refractivity contribution in [2.45, 2.75) is 19.3 Å². The Morgan fingerprint density at radius 2 is 0.857 bits per heavy atom. The maximum Gasteiger partial charge on any atom is 0.322 e. The van der Waals surface area contributed by atoms with Gasteiger partial charge in [0, 0.05) is 38.1 Å². The molecular weight excluding hydrogens is 564 g/mol. The van der Waals surface area contributed by atoms with Gasteiger partial charge in [0.05, 0.1) is 32.7 Å². The summed E-state index contributed by atoms with van der Waals surface area (Å²) in [6.07, 6.45) is 2.11. The number of carboxylic acids is 1. The molecule has 1 aliphatic heterocycles. The zero-order valence-corrected chi connectivity index (χ0v) is 22.4. The Hall–Kier alpha value is -5.36. The van der Waals surface area contributed by atoms with Crippen molar-refractivity contribution < 1.29 is 53.1 Å². The maximum atomic E-state index is 11.8. The normalized spacial score (nSPS) is 11.8. The highest BCUT2D eigenvalue weighted by molar-refractivity contribution is 6.12. The third-order valence-corrected chi connectivity index (χ3v) is 5.03. The molecule has 42 heavy (non-hydrogen) atoms. The molecule has 0 fully saturated rings. The Balaban J connectivity index is 2.06. The second-order valence-corrected chi connectivity index (χ2v) is 8.42. The van der Waals surface area contributed by atoms with E-state index in [1.54, 1.807) is 0 Å². The number of aliphatic carboxylic acids is 1. The molecular formula is C23H32N8O11. The molecule has 0 atom stereocenters. The fourth-order valence-electron chi connectivity index (χ4n) is 2.93. The first kappa shape index (κ1) is 34.7. The van der Waals surface area contributed by atoms with Crippen LogP contribution in [-0.4, -0.2) is 121 Å². The van der Waals surface area contributed by atoms with E-state index >= 15 is 0 Å². The van der Waals surface area contributed by atoms with Crippen LogP contribution in [0.4, 0.5) is 0 Å². The molecule has 1 rings (SSSR count). The van der Waals surface area contributed by atoms with Crippen molar-refractivity contribution in [2.24, 2.45) is 0 Å². The molecule has 1 heterocycles. The molecule has 0 aromatic heterocycles. The van der Waals surface area contributed by atoms with Gasteiger partial charge in [-0.1, -0.05) is 0 Å². The van der Waals surface area contributed by atoms with Crippen molar-refractivity contribution >= 4 is 59.1 Å². The molecule has 8 N–H and O–H groups in total. The lowest BCUT2D eigenvalue weighted by Gasteiger charge is -2.14. The van der Waals surface area contributed by atoms with Crippen molar-refractivity contribution in [1.82, 2.24) is 42.1 Å². The first-order chi connectivity index (χ1) is 19.9. The lowest BCUT2D eigenvalue weighted by atomic mass is 10.2. The van der Waals surface area contributed by atoms with Gasteiger partial charge in [0.2, 0.25) is 41.4 Å². The second-order valence-electron chi connectivity index (χ2n) is 8.42. The zero-order valence-electron chi connectivity index (χ0n) is 22.4. The molecule has 0 spiro atoms. The summed E-state index contributed by atoms with van der Waals surface area (Å²) in [7, 11) is 0. The number of amides is 9. The minimum atomic E-state index is -1.25. The molecule has 0 aromatic rings. The molecule has 230 valence electrons. The predicted molar refractivity (Wildman–Crippen MR) is 138 cm³/mol. The van der Waals surface area contributed by atoms with Crippen LogP contribution in [0.5, 0.6) is 0 Å². The molecule has 19 nitrogen and oxygen atoms in total. The van der Waals surface area contributed by atoms with Gasteiger partial charge >= 0.3 is 5.97 Å². The molecule has 0 aromatic carbocycles. The molecule has 0 aliphatic carbocycles. The standard InChI is InChI=1S/C23H32N8O11/c32-14(2-1-3-15(33)26-10-18(36)29-12-20(38)30-13-23(41)42)25-9-17(35)28-11-19(37)27-8-16(34)24-6-7-31-21(39)4-5-22(31)40/h4-5H,1-3,6-13H2,(H,24,34)(H,25,32)(H,26,33)(H,27,37)(H,28,35)(H,29,36)(H,30,38)(H,41,42). The number of hydrogen-bond acceptors (Lipinski definition) is 10. The van der Waals surface area contributed by atoms with Gasteiger partial charge in [-0.3, -0.25) is 52.8 Å². The highest BCUT2D eigenvalue weighted by atomic mass is 16.4. The van der Waals surface area contributed by atoms with E-state index in [1.165, 1.54) is 0 Å². The van der Waals surface area contributed by atoms with Crippen LogP contribution in [0, 0.1) is 0 Å². The molecule has 0 saturated heterocycles. The third-order valence-electron chi connectivity index (χ3n) is 5.03. The smallest absolute Gasteiger partial charge is 0.322 e. The summed E-state index contributed by atoms with van der Waals surface area (Å²) in [5.74, 6) is -6.65. The van der Waals surface area contributed by atoms with Crippen molar-refractivity contribution in [3.05, 3.63) is 12.2 Å². The second kappa shape index (κ2) is 18.8. The van der Waals surface area contributed by atoms with Crippen LogP contribution in [0.25, 0.3) is 0 Å². The van der Waals surface area contributed by atoms with Crippen LogP contribution in [-0.2, 0) is 47.9 Å². The van der Waals surface area contributed by atoms with Crippen LogP contribution < -0.4 is 37.2 Å². The lowest BCUT2D eigenvalue weighted by molar-refractivity contribution is -0.138. The minimum Gasteiger partial charge on any atom is -0.480 e. The van der Waals surface area contributed by atoms with Gasteiger partial charge in [-0.25, -0.2) is 0 Å². The molecule has 0 radical (unpaired) electrons. The molecule has 0 bridgehead atoms. The van der Waals surface area contributed by atoms with Gasteiger partial charge in [-0.15, -0.1) is 0 Å². The fraction of sp³-hybridized carbons (Fsp3) is 0.478. The number of carbonyl (C=O) groups is 10. The number of carboxylic acid groups (broad SMARTS) is 1. The molecule has 1 aliphatic rings. The van der Waals surface area contributed by atoms with Crippen LogP contribution in [0.3, 0.4) is 0 Å². The topological polar surface area (TPSA) is 278 Å². The zero-order chi connectivity index (χ0) is 31.5. The Kier molecular flexibility index (Phi) is 15.6. The van der Waals surface area contributed by atoms with Gasteiger partial charge in [-0.2, -0.15) is 0 Å². The van der Waals surface area contributed by atoms with Crippen LogP contribution in [0.2, 0.25) is 0 Å². The van der Waals surface area contributed by atoms with Gasteiger partial charge < -0.3 is 42.3 Å².